The first kappa shape index (κ1) is 27.7. The van der Waals surface area contributed by atoms with Crippen molar-refractivity contribution in [3.63, 3.8) is 0 Å². The average molecular weight is 516 g/mol. The number of carboxylic acids is 1. The summed E-state index contributed by atoms with van der Waals surface area (Å²) in [5.41, 5.74) is 14.2. The maximum absolute atomic E-state index is 13.6. The summed E-state index contributed by atoms with van der Waals surface area (Å²) in [6, 6.07) is 3.12. The van der Waals surface area contributed by atoms with Crippen molar-refractivity contribution in [1.29, 1.82) is 0 Å². The number of aromatic nitrogens is 1. The van der Waals surface area contributed by atoms with Crippen molar-refractivity contribution in [1.82, 2.24) is 14.8 Å². The van der Waals surface area contributed by atoms with Gasteiger partial charge in [-0.05, 0) is 49.9 Å². The number of aryl methyl sites for hydroxylation is 1. The molecule has 1 aliphatic heterocycles. The number of carbonyl (C=O) groups is 4. The zero-order valence-corrected chi connectivity index (χ0v) is 21.0. The van der Waals surface area contributed by atoms with E-state index in [4.69, 9.17) is 16.2 Å². The van der Waals surface area contributed by atoms with Gasteiger partial charge in [0.1, 0.15) is 0 Å². The van der Waals surface area contributed by atoms with E-state index in [1.54, 1.807) is 24.8 Å². The summed E-state index contributed by atoms with van der Waals surface area (Å²) < 4.78 is 5.03. The molecule has 12 heteroatoms. The number of nitrogen functional groups attached to an aromatic ring is 1. The second kappa shape index (κ2) is 11.9. The smallest absolute Gasteiger partial charge is 0.409 e. The lowest BCUT2D eigenvalue weighted by Gasteiger charge is -2.36. The van der Waals surface area contributed by atoms with E-state index < -0.39 is 23.9 Å². The number of hydrogen-bond donors (Lipinski definition) is 4. The van der Waals surface area contributed by atoms with Crippen LogP contribution in [0.15, 0.2) is 12.1 Å². The van der Waals surface area contributed by atoms with Crippen LogP contribution >= 0.6 is 0 Å². The molecule has 12 nitrogen and oxygen atoms in total. The number of primary amides is 1. The quantitative estimate of drug-likeness (QED) is 0.377. The summed E-state index contributed by atoms with van der Waals surface area (Å²) >= 11 is 0. The van der Waals surface area contributed by atoms with Crippen molar-refractivity contribution in [2.75, 3.05) is 45.1 Å². The number of aliphatic hydroxyl groups excluding tert-OH is 1. The molecule has 0 aliphatic carbocycles. The van der Waals surface area contributed by atoms with Gasteiger partial charge in [0.15, 0.2) is 0 Å². The van der Waals surface area contributed by atoms with E-state index in [1.807, 2.05) is 0 Å². The molecule has 1 aliphatic rings. The highest BCUT2D eigenvalue weighted by Crippen LogP contribution is 2.35. The fourth-order valence-corrected chi connectivity index (χ4v) is 4.72. The fraction of sp³-hybridized carbons (Fsp3) is 0.480. The molecule has 0 saturated carbocycles. The molecule has 200 valence electrons. The van der Waals surface area contributed by atoms with E-state index in [1.165, 1.54) is 11.0 Å². The maximum atomic E-state index is 13.6. The van der Waals surface area contributed by atoms with Gasteiger partial charge in [0.25, 0.3) is 0 Å². The Kier molecular flexibility index (Phi) is 8.87. The standard InChI is InChI=1S/C25H33N5O7/c1-3-37-25(36)30-11-9-29(10-12-30)24(35)17(5-7-19(32)33)22-21(26)14(2)20-15(8-13-31)16(23(27)34)4-6-18(20)28-22/h4,6,17,31H,3,5,7-13,26H2,1-2H3,(H2,27,34)(H,32,33). The number of piperazine rings is 1. The lowest BCUT2D eigenvalue weighted by molar-refractivity contribution is -0.138. The summed E-state index contributed by atoms with van der Waals surface area (Å²) in [7, 11) is 0. The minimum Gasteiger partial charge on any atom is -0.481 e. The number of hydrogen-bond acceptors (Lipinski definition) is 8. The Morgan fingerprint density at radius 2 is 1.78 bits per heavy atom. The second-order valence-electron chi connectivity index (χ2n) is 8.86. The normalized spacial score (nSPS) is 14.5. The molecule has 1 unspecified atom stereocenters. The molecule has 0 bridgehead atoms. The van der Waals surface area contributed by atoms with Gasteiger partial charge in [0.2, 0.25) is 11.8 Å². The van der Waals surface area contributed by atoms with Gasteiger partial charge < -0.3 is 36.2 Å². The predicted octanol–water partition coefficient (Wildman–Crippen LogP) is 1.01. The number of pyridine rings is 1. The molecule has 6 N–H and O–H groups in total. The van der Waals surface area contributed by atoms with Crippen LogP contribution < -0.4 is 11.5 Å². The van der Waals surface area contributed by atoms with Crippen LogP contribution in [0.5, 0.6) is 0 Å². The van der Waals surface area contributed by atoms with E-state index in [9.17, 15) is 29.4 Å². The number of anilines is 1. The zero-order valence-electron chi connectivity index (χ0n) is 21.0. The molecule has 3 amide bonds. The highest BCUT2D eigenvalue weighted by molar-refractivity contribution is 6.02. The summed E-state index contributed by atoms with van der Waals surface area (Å²) in [5, 5.41) is 19.5. The number of fused-ring (bicyclic) bond motifs is 1. The summed E-state index contributed by atoms with van der Waals surface area (Å²) in [4.78, 5) is 56.8. The van der Waals surface area contributed by atoms with Gasteiger partial charge in [0.05, 0.1) is 29.4 Å². The molecule has 1 saturated heterocycles. The minimum atomic E-state index is -1.06. The first-order valence-corrected chi connectivity index (χ1v) is 12.1. The number of aliphatic hydroxyl groups is 1. The lowest BCUT2D eigenvalue weighted by Crippen LogP contribution is -2.51. The van der Waals surface area contributed by atoms with Gasteiger partial charge in [-0.15, -0.1) is 0 Å². The van der Waals surface area contributed by atoms with Crippen molar-refractivity contribution < 1.29 is 34.1 Å². The number of nitrogens with two attached hydrogens (primary N) is 2. The number of rotatable bonds is 9. The molecule has 0 spiro atoms. The van der Waals surface area contributed by atoms with Crippen molar-refractivity contribution in [2.45, 2.75) is 39.0 Å². The molecule has 1 aromatic heterocycles. The minimum absolute atomic E-state index is 0.0166. The van der Waals surface area contributed by atoms with Crippen molar-refractivity contribution in [3.05, 3.63) is 34.5 Å². The maximum Gasteiger partial charge on any atom is 0.409 e. The first-order chi connectivity index (χ1) is 17.6. The highest BCUT2D eigenvalue weighted by Gasteiger charge is 2.33. The highest BCUT2D eigenvalue weighted by atomic mass is 16.6. The molecular formula is C25H33N5O7. The lowest BCUT2D eigenvalue weighted by atomic mass is 9.90. The number of aliphatic carboxylic acids is 1. The number of amides is 3. The number of carbonyl (C=O) groups excluding carboxylic acids is 3. The number of ether oxygens (including phenoxy) is 1. The third-order valence-electron chi connectivity index (χ3n) is 6.61. The van der Waals surface area contributed by atoms with Crippen LogP contribution in [0.4, 0.5) is 10.5 Å². The predicted molar refractivity (Wildman–Crippen MR) is 135 cm³/mol. The Hall–Kier alpha value is -3.93. The number of carboxylic acid groups (broad SMARTS) is 1. The van der Waals surface area contributed by atoms with Gasteiger partial charge in [0, 0.05) is 50.2 Å². The van der Waals surface area contributed by atoms with Crippen LogP contribution in [0.25, 0.3) is 10.9 Å². The Morgan fingerprint density at radius 3 is 2.35 bits per heavy atom. The third-order valence-corrected chi connectivity index (χ3v) is 6.61. The third kappa shape index (κ3) is 5.91. The Morgan fingerprint density at radius 1 is 1.14 bits per heavy atom. The van der Waals surface area contributed by atoms with Gasteiger partial charge in [-0.2, -0.15) is 0 Å². The SMILES string of the molecule is CCOC(=O)N1CCN(C(=O)C(CCC(=O)O)c2nc3ccc(C(N)=O)c(CCO)c3c(C)c2N)CC1. The molecule has 0 radical (unpaired) electrons. The molecule has 2 heterocycles. The molecule has 1 atom stereocenters. The number of nitrogens with zero attached hydrogens (tertiary/aromatic N) is 3. The van der Waals surface area contributed by atoms with Gasteiger partial charge in [-0.25, -0.2) is 9.78 Å². The van der Waals surface area contributed by atoms with Gasteiger partial charge in [-0.1, -0.05) is 0 Å². The molecular weight excluding hydrogens is 482 g/mol. The van der Waals surface area contributed by atoms with Crippen molar-refractivity contribution >= 4 is 40.5 Å². The van der Waals surface area contributed by atoms with E-state index in [0.29, 0.717) is 22.0 Å². The van der Waals surface area contributed by atoms with E-state index in [-0.39, 0.29) is 81.5 Å². The van der Waals surface area contributed by atoms with E-state index in [0.717, 1.165) is 0 Å². The summed E-state index contributed by atoms with van der Waals surface area (Å²) in [6.45, 7) is 4.57. The largest absolute Gasteiger partial charge is 0.481 e. The summed E-state index contributed by atoms with van der Waals surface area (Å²) in [6.07, 6.45) is -0.573. The summed E-state index contributed by atoms with van der Waals surface area (Å²) in [5.74, 6) is -2.96. The van der Waals surface area contributed by atoms with Crippen molar-refractivity contribution in [3.8, 4) is 0 Å². The van der Waals surface area contributed by atoms with E-state index in [2.05, 4.69) is 4.98 Å². The molecule has 37 heavy (non-hydrogen) atoms. The second-order valence-corrected chi connectivity index (χ2v) is 8.86. The zero-order chi connectivity index (χ0) is 27.3. The van der Waals surface area contributed by atoms with Crippen molar-refractivity contribution in [2.24, 2.45) is 5.73 Å². The van der Waals surface area contributed by atoms with Crippen LogP contribution in [0.1, 0.15) is 52.9 Å². The topological polar surface area (TPSA) is 189 Å². The Labute approximate surface area is 214 Å². The van der Waals surface area contributed by atoms with Gasteiger partial charge in [-0.3, -0.25) is 14.4 Å². The first-order valence-electron chi connectivity index (χ1n) is 12.1. The molecule has 1 fully saturated rings. The molecule has 2 aromatic rings. The Bertz CT molecular complexity index is 1210. The van der Waals surface area contributed by atoms with Crippen LogP contribution in [-0.2, 0) is 20.7 Å². The molecule has 1 aromatic carbocycles. The van der Waals surface area contributed by atoms with Crippen LogP contribution in [0.3, 0.4) is 0 Å². The van der Waals surface area contributed by atoms with Crippen LogP contribution in [0, 0.1) is 6.92 Å². The van der Waals surface area contributed by atoms with Gasteiger partial charge >= 0.3 is 12.1 Å². The van der Waals surface area contributed by atoms with E-state index >= 15 is 0 Å². The fourth-order valence-electron chi connectivity index (χ4n) is 4.72. The molecule has 3 rings (SSSR count). The van der Waals surface area contributed by atoms with Crippen LogP contribution in [-0.4, -0.2) is 88.3 Å². The number of benzene rings is 1. The average Bonchev–Trinajstić information content (AvgIpc) is 2.86. The Balaban J connectivity index is 2.02. The monoisotopic (exact) mass is 515 g/mol. The van der Waals surface area contributed by atoms with Crippen LogP contribution in [0.2, 0.25) is 0 Å².